The fraction of sp³-hybridized carbons (Fsp3) is 0. The molecule has 0 fully saturated rings. The fourth-order valence-electron chi connectivity index (χ4n) is 1.32. The number of hydrogen-bond donors (Lipinski definition) is 1. The Balaban J connectivity index is 2.19. The summed E-state index contributed by atoms with van der Waals surface area (Å²) in [4.78, 5) is 15.4. The van der Waals surface area contributed by atoms with Crippen LogP contribution in [0, 0.1) is 5.95 Å². The van der Waals surface area contributed by atoms with Crippen LogP contribution in [0.5, 0.6) is 0 Å². The summed E-state index contributed by atoms with van der Waals surface area (Å²) in [5.74, 6) is -0.923. The molecule has 0 saturated carbocycles. The Morgan fingerprint density at radius 2 is 2.11 bits per heavy atom. The Morgan fingerprint density at radius 1 is 1.33 bits per heavy atom. The van der Waals surface area contributed by atoms with Crippen LogP contribution in [0.1, 0.15) is 10.4 Å². The average molecular weight is 330 g/mol. The summed E-state index contributed by atoms with van der Waals surface area (Å²) >= 11 is 9.04. The van der Waals surface area contributed by atoms with Gasteiger partial charge in [-0.1, -0.05) is 11.6 Å². The molecule has 2 rings (SSSR count). The van der Waals surface area contributed by atoms with E-state index in [9.17, 15) is 9.18 Å². The smallest absolute Gasteiger partial charge is 0.256 e. The van der Waals surface area contributed by atoms with E-state index in [1.165, 1.54) is 18.3 Å². The summed E-state index contributed by atoms with van der Waals surface area (Å²) in [6.07, 6.45) is 1.25. The van der Waals surface area contributed by atoms with Crippen molar-refractivity contribution in [3.05, 3.63) is 57.5 Å². The van der Waals surface area contributed by atoms with Gasteiger partial charge in [-0.3, -0.25) is 4.79 Å². The number of anilines is 1. The number of amides is 1. The van der Waals surface area contributed by atoms with E-state index in [1.807, 2.05) is 0 Å². The second-order valence-electron chi connectivity index (χ2n) is 3.45. The predicted octanol–water partition coefficient (Wildman–Crippen LogP) is 3.89. The zero-order valence-electron chi connectivity index (χ0n) is 8.95. The van der Waals surface area contributed by atoms with Gasteiger partial charge < -0.3 is 5.32 Å². The van der Waals surface area contributed by atoms with Crippen LogP contribution in [0.25, 0.3) is 0 Å². The quantitative estimate of drug-likeness (QED) is 0.849. The molecule has 0 radical (unpaired) electrons. The number of carbonyl (C=O) groups excluding carboxylic acids is 1. The topological polar surface area (TPSA) is 42.0 Å². The van der Waals surface area contributed by atoms with Crippen LogP contribution in [-0.4, -0.2) is 10.9 Å². The molecule has 0 spiro atoms. The molecule has 1 aromatic heterocycles. The highest BCUT2D eigenvalue weighted by Crippen LogP contribution is 2.22. The van der Waals surface area contributed by atoms with Crippen LogP contribution >= 0.6 is 27.5 Å². The second kappa shape index (κ2) is 5.46. The van der Waals surface area contributed by atoms with Crippen molar-refractivity contribution in [3.8, 4) is 0 Å². The summed E-state index contributed by atoms with van der Waals surface area (Å²) in [7, 11) is 0. The highest BCUT2D eigenvalue weighted by Gasteiger charge is 2.10. The minimum absolute atomic E-state index is 0.327. The lowest BCUT2D eigenvalue weighted by Crippen LogP contribution is -2.12. The minimum Gasteiger partial charge on any atom is -0.321 e. The Kier molecular flexibility index (Phi) is 3.93. The van der Waals surface area contributed by atoms with Crippen molar-refractivity contribution < 1.29 is 9.18 Å². The first kappa shape index (κ1) is 13.0. The molecule has 0 unspecified atom stereocenters. The lowest BCUT2D eigenvalue weighted by molar-refractivity contribution is 0.102. The normalized spacial score (nSPS) is 10.2. The molecule has 0 saturated heterocycles. The van der Waals surface area contributed by atoms with Gasteiger partial charge in [-0.05, 0) is 46.3 Å². The third-order valence-electron chi connectivity index (χ3n) is 2.16. The summed E-state index contributed by atoms with van der Waals surface area (Å²) in [5, 5.41) is 3.13. The van der Waals surface area contributed by atoms with Gasteiger partial charge in [0, 0.05) is 9.50 Å². The van der Waals surface area contributed by atoms with Crippen LogP contribution in [0.15, 0.2) is 41.0 Å². The van der Waals surface area contributed by atoms with Crippen LogP contribution in [0.3, 0.4) is 0 Å². The van der Waals surface area contributed by atoms with Gasteiger partial charge in [-0.25, -0.2) is 4.98 Å². The van der Waals surface area contributed by atoms with E-state index in [0.717, 1.165) is 0 Å². The van der Waals surface area contributed by atoms with Crippen LogP contribution < -0.4 is 5.32 Å². The minimum atomic E-state index is -0.597. The molecule has 0 aliphatic heterocycles. The van der Waals surface area contributed by atoms with Crippen molar-refractivity contribution in [2.24, 2.45) is 0 Å². The molecule has 18 heavy (non-hydrogen) atoms. The predicted molar refractivity (Wildman–Crippen MR) is 71.3 cm³/mol. The zero-order valence-corrected chi connectivity index (χ0v) is 11.3. The monoisotopic (exact) mass is 328 g/mol. The number of aromatic nitrogens is 1. The molecule has 1 amide bonds. The van der Waals surface area contributed by atoms with Gasteiger partial charge >= 0.3 is 0 Å². The number of pyridine rings is 1. The first-order valence-electron chi connectivity index (χ1n) is 4.94. The van der Waals surface area contributed by atoms with Crippen molar-refractivity contribution in [1.82, 2.24) is 4.98 Å². The van der Waals surface area contributed by atoms with E-state index < -0.39 is 5.95 Å². The maximum Gasteiger partial charge on any atom is 0.256 e. The summed E-state index contributed by atoms with van der Waals surface area (Å²) < 4.78 is 13.2. The van der Waals surface area contributed by atoms with Gasteiger partial charge in [0.15, 0.2) is 0 Å². The first-order chi connectivity index (χ1) is 8.56. The van der Waals surface area contributed by atoms with Gasteiger partial charge in [-0.2, -0.15) is 4.39 Å². The molecule has 3 nitrogen and oxygen atoms in total. The summed E-state index contributed by atoms with van der Waals surface area (Å²) in [6.45, 7) is 0. The highest BCUT2D eigenvalue weighted by molar-refractivity contribution is 9.10. The maximum absolute atomic E-state index is 12.6. The Morgan fingerprint density at radius 3 is 2.72 bits per heavy atom. The standard InChI is InChI=1S/C12H7BrClFN2O/c13-10-5-7(14)1-3-9(10)12(18)17-8-2-4-11(15)16-6-8/h1-6H,(H,17,18). The number of nitrogens with zero attached hydrogens (tertiary/aromatic N) is 1. The van der Waals surface area contributed by atoms with Gasteiger partial charge in [0.05, 0.1) is 17.4 Å². The molecule has 0 aliphatic carbocycles. The van der Waals surface area contributed by atoms with E-state index in [2.05, 4.69) is 26.2 Å². The van der Waals surface area contributed by atoms with E-state index in [0.29, 0.717) is 20.7 Å². The van der Waals surface area contributed by atoms with Crippen LogP contribution in [-0.2, 0) is 0 Å². The second-order valence-corrected chi connectivity index (χ2v) is 4.74. The van der Waals surface area contributed by atoms with Crippen molar-refractivity contribution in [1.29, 1.82) is 0 Å². The highest BCUT2D eigenvalue weighted by atomic mass is 79.9. The van der Waals surface area contributed by atoms with Gasteiger partial charge in [0.25, 0.3) is 5.91 Å². The maximum atomic E-state index is 12.6. The van der Waals surface area contributed by atoms with Crippen molar-refractivity contribution in [2.75, 3.05) is 5.32 Å². The Labute approximate surface area is 116 Å². The third kappa shape index (κ3) is 3.05. The van der Waals surface area contributed by atoms with Gasteiger partial charge in [0.2, 0.25) is 5.95 Å². The number of halogens is 3. The Hall–Kier alpha value is -1.46. The van der Waals surface area contributed by atoms with E-state index in [1.54, 1.807) is 18.2 Å². The molecule has 2 aromatic rings. The fourth-order valence-corrected chi connectivity index (χ4v) is 2.18. The third-order valence-corrected chi connectivity index (χ3v) is 3.05. The van der Waals surface area contributed by atoms with E-state index in [4.69, 9.17) is 11.6 Å². The van der Waals surface area contributed by atoms with Crippen molar-refractivity contribution >= 4 is 39.1 Å². The molecule has 1 aromatic carbocycles. The number of nitrogens with one attached hydrogen (secondary N) is 1. The number of benzene rings is 1. The lowest BCUT2D eigenvalue weighted by atomic mass is 10.2. The molecule has 92 valence electrons. The molecule has 6 heteroatoms. The average Bonchev–Trinajstić information content (AvgIpc) is 2.32. The summed E-state index contributed by atoms with van der Waals surface area (Å²) in [5.41, 5.74) is 0.854. The molecule has 0 aliphatic rings. The lowest BCUT2D eigenvalue weighted by Gasteiger charge is -2.06. The molecular weight excluding hydrogens is 322 g/mol. The van der Waals surface area contributed by atoms with Crippen LogP contribution in [0.2, 0.25) is 5.02 Å². The molecule has 1 heterocycles. The zero-order chi connectivity index (χ0) is 13.1. The number of carbonyl (C=O) groups is 1. The van der Waals surface area contributed by atoms with Gasteiger partial charge in [0.1, 0.15) is 0 Å². The Bertz CT molecular complexity index is 589. The number of rotatable bonds is 2. The molecular formula is C12H7BrClFN2O. The molecule has 1 N–H and O–H groups in total. The molecule has 0 bridgehead atoms. The van der Waals surface area contributed by atoms with E-state index in [-0.39, 0.29) is 5.91 Å². The van der Waals surface area contributed by atoms with Gasteiger partial charge in [-0.15, -0.1) is 0 Å². The van der Waals surface area contributed by atoms with Crippen molar-refractivity contribution in [3.63, 3.8) is 0 Å². The summed E-state index contributed by atoms with van der Waals surface area (Å²) in [6, 6.07) is 7.44. The van der Waals surface area contributed by atoms with E-state index >= 15 is 0 Å². The molecule has 0 atom stereocenters. The van der Waals surface area contributed by atoms with Crippen LogP contribution in [0.4, 0.5) is 10.1 Å². The SMILES string of the molecule is O=C(Nc1ccc(F)nc1)c1ccc(Cl)cc1Br. The van der Waals surface area contributed by atoms with Crippen molar-refractivity contribution in [2.45, 2.75) is 0 Å². The number of hydrogen-bond acceptors (Lipinski definition) is 2. The largest absolute Gasteiger partial charge is 0.321 e. The first-order valence-corrected chi connectivity index (χ1v) is 6.11.